The minimum absolute atomic E-state index is 0.0825. The number of ether oxygens (including phenoxy) is 1. The zero-order valence-corrected chi connectivity index (χ0v) is 16.3. The molecule has 1 aliphatic heterocycles. The molecule has 0 bridgehead atoms. The molecule has 26 heavy (non-hydrogen) atoms. The first-order chi connectivity index (χ1) is 12.2. The van der Waals surface area contributed by atoms with E-state index in [0.29, 0.717) is 37.5 Å². The molecule has 8 nitrogen and oxygen atoms in total. The van der Waals surface area contributed by atoms with E-state index in [4.69, 9.17) is 4.74 Å². The van der Waals surface area contributed by atoms with Crippen molar-refractivity contribution < 1.29 is 13.2 Å². The van der Waals surface area contributed by atoms with Crippen LogP contribution in [-0.2, 0) is 24.1 Å². The van der Waals surface area contributed by atoms with Crippen molar-refractivity contribution in [2.75, 3.05) is 13.1 Å². The molecule has 0 atom stereocenters. The minimum atomic E-state index is -3.59. The lowest BCUT2D eigenvalue weighted by Gasteiger charge is -2.31. The summed E-state index contributed by atoms with van der Waals surface area (Å²) in [6, 6.07) is 3.29. The molecule has 0 saturated carbocycles. The van der Waals surface area contributed by atoms with Gasteiger partial charge in [0.2, 0.25) is 0 Å². The summed E-state index contributed by atoms with van der Waals surface area (Å²) in [6.45, 7) is 4.35. The highest BCUT2D eigenvalue weighted by Crippen LogP contribution is 2.23. The molecule has 0 radical (unpaired) electrons. The Balaban J connectivity index is 1.66. The molecule has 9 heteroatoms. The van der Waals surface area contributed by atoms with Gasteiger partial charge < -0.3 is 13.9 Å². The van der Waals surface area contributed by atoms with E-state index >= 15 is 0 Å². The van der Waals surface area contributed by atoms with E-state index in [1.54, 1.807) is 30.2 Å². The van der Waals surface area contributed by atoms with E-state index in [1.807, 2.05) is 13.0 Å². The topological polar surface area (TPSA) is 86.4 Å². The highest BCUT2D eigenvalue weighted by atomic mass is 32.2. The standard InChI is InChI=1S/C17H24N4O4S/c1-12-9-15(10-17(22)20(12)4)25-14-5-7-21(8-6-14)26(23,24)16-11-19(3)13(2)18-16/h9-11,14H,5-8H2,1-4H3. The maximum Gasteiger partial charge on any atom is 0.262 e. The van der Waals surface area contributed by atoms with Crippen LogP contribution in [-0.4, -0.2) is 46.0 Å². The second kappa shape index (κ2) is 6.88. The molecule has 1 aliphatic rings. The minimum Gasteiger partial charge on any atom is -0.490 e. The van der Waals surface area contributed by atoms with Crippen molar-refractivity contribution >= 4 is 10.0 Å². The summed E-state index contributed by atoms with van der Waals surface area (Å²) in [6.07, 6.45) is 2.56. The third-order valence-electron chi connectivity index (χ3n) is 4.87. The van der Waals surface area contributed by atoms with Crippen molar-refractivity contribution in [3.8, 4) is 5.75 Å². The molecule has 3 heterocycles. The summed E-state index contributed by atoms with van der Waals surface area (Å²) in [5.74, 6) is 1.19. The van der Waals surface area contributed by atoms with E-state index < -0.39 is 10.0 Å². The molecule has 0 aromatic carbocycles. The van der Waals surface area contributed by atoms with Crippen LogP contribution in [0.4, 0.5) is 0 Å². The summed E-state index contributed by atoms with van der Waals surface area (Å²) in [7, 11) is -0.103. The Morgan fingerprint density at radius 2 is 1.81 bits per heavy atom. The van der Waals surface area contributed by atoms with E-state index in [1.165, 1.54) is 16.6 Å². The van der Waals surface area contributed by atoms with Crippen molar-refractivity contribution in [1.82, 2.24) is 18.4 Å². The molecule has 3 rings (SSSR count). The molecule has 0 aliphatic carbocycles. The molecule has 0 N–H and O–H groups in total. The Hall–Kier alpha value is -2.13. The van der Waals surface area contributed by atoms with Crippen molar-refractivity contribution in [1.29, 1.82) is 0 Å². The van der Waals surface area contributed by atoms with E-state index in [-0.39, 0.29) is 16.7 Å². The van der Waals surface area contributed by atoms with Crippen LogP contribution in [0, 0.1) is 13.8 Å². The van der Waals surface area contributed by atoms with E-state index in [2.05, 4.69) is 4.98 Å². The van der Waals surface area contributed by atoms with Crippen LogP contribution in [0.1, 0.15) is 24.4 Å². The fourth-order valence-electron chi connectivity index (χ4n) is 2.97. The maximum atomic E-state index is 12.7. The van der Waals surface area contributed by atoms with Crippen LogP contribution >= 0.6 is 0 Å². The van der Waals surface area contributed by atoms with Gasteiger partial charge in [0.25, 0.3) is 15.6 Å². The molecule has 2 aromatic heterocycles. The number of hydrogen-bond acceptors (Lipinski definition) is 5. The number of sulfonamides is 1. The van der Waals surface area contributed by atoms with Gasteiger partial charge in [0.05, 0.1) is 0 Å². The highest BCUT2D eigenvalue weighted by molar-refractivity contribution is 7.89. The second-order valence-corrected chi connectivity index (χ2v) is 8.57. The average molecular weight is 380 g/mol. The monoisotopic (exact) mass is 380 g/mol. The van der Waals surface area contributed by atoms with Gasteiger partial charge in [0.1, 0.15) is 17.7 Å². The predicted molar refractivity (Wildman–Crippen MR) is 96.8 cm³/mol. The number of nitrogens with zero attached hydrogens (tertiary/aromatic N) is 4. The Bertz CT molecular complexity index is 950. The lowest BCUT2D eigenvalue weighted by Crippen LogP contribution is -2.42. The van der Waals surface area contributed by atoms with Gasteiger partial charge >= 0.3 is 0 Å². The first kappa shape index (κ1) is 18.7. The van der Waals surface area contributed by atoms with Gasteiger partial charge in [-0.15, -0.1) is 0 Å². The molecule has 1 saturated heterocycles. The normalized spacial score (nSPS) is 16.8. The number of hydrogen-bond donors (Lipinski definition) is 0. The SMILES string of the molecule is Cc1nc(S(=O)(=O)N2CCC(Oc3cc(C)n(C)c(=O)c3)CC2)cn1C. The number of aryl methyl sites for hydroxylation is 3. The van der Waals surface area contributed by atoms with Crippen LogP contribution in [0.2, 0.25) is 0 Å². The van der Waals surface area contributed by atoms with Gasteiger partial charge in [-0.25, -0.2) is 13.4 Å². The van der Waals surface area contributed by atoms with Crippen molar-refractivity contribution in [2.45, 2.75) is 37.8 Å². The van der Waals surface area contributed by atoms with Crippen LogP contribution < -0.4 is 10.3 Å². The third kappa shape index (κ3) is 3.54. The zero-order chi connectivity index (χ0) is 19.1. The Morgan fingerprint density at radius 1 is 1.15 bits per heavy atom. The molecule has 142 valence electrons. The first-order valence-corrected chi connectivity index (χ1v) is 9.97. The van der Waals surface area contributed by atoms with Crippen molar-refractivity contribution in [2.24, 2.45) is 14.1 Å². The fourth-order valence-corrected chi connectivity index (χ4v) is 4.47. The number of pyridine rings is 1. The van der Waals surface area contributed by atoms with Crippen molar-refractivity contribution in [3.05, 3.63) is 40.2 Å². The molecule has 0 spiro atoms. The predicted octanol–water partition coefficient (Wildman–Crippen LogP) is 0.968. The number of aromatic nitrogens is 3. The smallest absolute Gasteiger partial charge is 0.262 e. The molecule has 0 amide bonds. The summed E-state index contributed by atoms with van der Waals surface area (Å²) >= 11 is 0. The quantitative estimate of drug-likeness (QED) is 0.789. The van der Waals surface area contributed by atoms with Crippen LogP contribution in [0.25, 0.3) is 0 Å². The van der Waals surface area contributed by atoms with Gasteiger partial charge in [0, 0.05) is 45.1 Å². The summed E-state index contributed by atoms with van der Waals surface area (Å²) < 4.78 is 36.0. The molecular weight excluding hydrogens is 356 g/mol. The molecule has 1 fully saturated rings. The lowest BCUT2D eigenvalue weighted by atomic mass is 10.1. The molecule has 2 aromatic rings. The number of imidazole rings is 1. The second-order valence-electron chi connectivity index (χ2n) is 6.69. The lowest BCUT2D eigenvalue weighted by molar-refractivity contribution is 0.134. The van der Waals surface area contributed by atoms with Crippen LogP contribution in [0.15, 0.2) is 28.2 Å². The molecule has 0 unspecified atom stereocenters. The van der Waals surface area contributed by atoms with Crippen molar-refractivity contribution in [3.63, 3.8) is 0 Å². The maximum absolute atomic E-state index is 12.7. The fraction of sp³-hybridized carbons (Fsp3) is 0.529. The van der Waals surface area contributed by atoms with E-state index in [9.17, 15) is 13.2 Å². The largest absolute Gasteiger partial charge is 0.490 e. The van der Waals surface area contributed by atoms with Crippen LogP contribution in [0.3, 0.4) is 0 Å². The molecular formula is C17H24N4O4S. The number of piperidine rings is 1. The Morgan fingerprint density at radius 3 is 2.35 bits per heavy atom. The summed E-state index contributed by atoms with van der Waals surface area (Å²) in [5, 5.41) is 0.0825. The first-order valence-electron chi connectivity index (χ1n) is 8.53. The van der Waals surface area contributed by atoms with Gasteiger partial charge in [-0.05, 0) is 32.8 Å². The van der Waals surface area contributed by atoms with Crippen LogP contribution in [0.5, 0.6) is 5.75 Å². The third-order valence-corrected chi connectivity index (χ3v) is 6.64. The number of rotatable bonds is 4. The zero-order valence-electron chi connectivity index (χ0n) is 15.5. The van der Waals surface area contributed by atoms with Gasteiger partial charge in [-0.3, -0.25) is 4.79 Å². The highest BCUT2D eigenvalue weighted by Gasteiger charge is 2.32. The summed E-state index contributed by atoms with van der Waals surface area (Å²) in [4.78, 5) is 16.0. The van der Waals surface area contributed by atoms with Gasteiger partial charge in [-0.1, -0.05) is 0 Å². The Kier molecular flexibility index (Phi) is 4.94. The van der Waals surface area contributed by atoms with Gasteiger partial charge in [-0.2, -0.15) is 4.31 Å². The summed E-state index contributed by atoms with van der Waals surface area (Å²) in [5.41, 5.74) is 0.698. The average Bonchev–Trinajstić information content (AvgIpc) is 2.93. The van der Waals surface area contributed by atoms with E-state index in [0.717, 1.165) is 5.69 Å². The van der Waals surface area contributed by atoms with Gasteiger partial charge in [0.15, 0.2) is 5.03 Å². The Labute approximate surface area is 153 Å².